The highest BCUT2D eigenvalue weighted by atomic mass is 19.4. The molecule has 0 radical (unpaired) electrons. The molecule has 1 amide bonds. The second-order valence-electron chi connectivity index (χ2n) is 6.40. The fourth-order valence-corrected chi connectivity index (χ4v) is 3.13. The van der Waals surface area contributed by atoms with Crippen LogP contribution in [0.5, 0.6) is 0 Å². The Kier molecular flexibility index (Phi) is 4.54. The van der Waals surface area contributed by atoms with Crippen LogP contribution in [0.4, 0.5) is 19.0 Å². The van der Waals surface area contributed by atoms with Crippen molar-refractivity contribution in [1.29, 1.82) is 0 Å². The van der Waals surface area contributed by atoms with Crippen LogP contribution >= 0.6 is 0 Å². The summed E-state index contributed by atoms with van der Waals surface area (Å²) in [4.78, 5) is 16.3. The van der Waals surface area contributed by atoms with Crippen molar-refractivity contribution in [1.82, 2.24) is 20.1 Å². The van der Waals surface area contributed by atoms with Gasteiger partial charge in [-0.15, -0.1) is 0 Å². The van der Waals surface area contributed by atoms with E-state index in [1.54, 1.807) is 36.7 Å². The maximum Gasteiger partial charge on any atom is 0.410 e. The van der Waals surface area contributed by atoms with E-state index >= 15 is 0 Å². The predicted octanol–water partition coefficient (Wildman–Crippen LogP) is 3.46. The fraction of sp³-hybridized carbons (Fsp3) is 0.278. The Hall–Kier alpha value is -3.30. The van der Waals surface area contributed by atoms with Crippen LogP contribution in [-0.2, 0) is 6.54 Å². The Morgan fingerprint density at radius 2 is 2.11 bits per heavy atom. The molecule has 3 aromatic heterocycles. The third-order valence-electron chi connectivity index (χ3n) is 4.51. The fourth-order valence-electron chi connectivity index (χ4n) is 3.13. The van der Waals surface area contributed by atoms with E-state index in [0.717, 1.165) is 10.2 Å². The zero-order valence-corrected chi connectivity index (χ0v) is 14.5. The summed E-state index contributed by atoms with van der Waals surface area (Å²) < 4.78 is 46.8. The summed E-state index contributed by atoms with van der Waals surface area (Å²) in [5, 5.41) is 9.52. The van der Waals surface area contributed by atoms with Gasteiger partial charge in [0.2, 0.25) is 0 Å². The highest BCUT2D eigenvalue weighted by Gasteiger charge is 2.47. The predicted molar refractivity (Wildman–Crippen MR) is 92.4 cm³/mol. The molecule has 1 aliphatic heterocycles. The summed E-state index contributed by atoms with van der Waals surface area (Å²) in [6.07, 6.45) is -0.224. The summed E-state index contributed by atoms with van der Waals surface area (Å²) in [5.41, 5.74) is 0.724. The molecule has 0 fully saturated rings. The van der Waals surface area contributed by atoms with Gasteiger partial charge in [0.05, 0.1) is 12.3 Å². The van der Waals surface area contributed by atoms with Crippen molar-refractivity contribution in [2.45, 2.75) is 31.2 Å². The molecular weight excluding hydrogens is 375 g/mol. The molecule has 10 heteroatoms. The van der Waals surface area contributed by atoms with Crippen molar-refractivity contribution in [3.05, 3.63) is 66.0 Å². The maximum absolute atomic E-state index is 13.6. The van der Waals surface area contributed by atoms with Crippen LogP contribution in [0.3, 0.4) is 0 Å². The van der Waals surface area contributed by atoms with Crippen LogP contribution in [0.25, 0.3) is 0 Å². The second-order valence-corrected chi connectivity index (χ2v) is 6.40. The van der Waals surface area contributed by atoms with Crippen LogP contribution in [0.1, 0.15) is 40.3 Å². The number of hydrogen-bond donors (Lipinski definition) is 2. The molecule has 0 aromatic carbocycles. The number of furan rings is 1. The van der Waals surface area contributed by atoms with Crippen molar-refractivity contribution in [2.24, 2.45) is 0 Å². The first kappa shape index (κ1) is 18.1. The highest BCUT2D eigenvalue weighted by molar-refractivity contribution is 5.93. The first-order chi connectivity index (χ1) is 13.4. The third-order valence-corrected chi connectivity index (χ3v) is 4.51. The minimum atomic E-state index is -4.52. The number of amides is 1. The number of anilines is 1. The van der Waals surface area contributed by atoms with Gasteiger partial charge in [-0.3, -0.25) is 9.78 Å². The zero-order valence-electron chi connectivity index (χ0n) is 14.5. The van der Waals surface area contributed by atoms with Gasteiger partial charge in [0.15, 0.2) is 11.7 Å². The minimum absolute atomic E-state index is 0.0918. The summed E-state index contributed by atoms with van der Waals surface area (Å²) in [6, 6.07) is 5.47. The van der Waals surface area contributed by atoms with Crippen LogP contribution in [0.2, 0.25) is 0 Å². The molecule has 4 rings (SSSR count). The molecule has 0 aliphatic carbocycles. The standard InChI is InChI=1S/C18H16F3N5O2/c19-18(20,21)15-8-12(14-2-1-7-28-14)24-16-9-13(25-26(15)16)17(27)23-10-11-3-5-22-6-4-11/h1-7,9,12,15,24H,8,10H2,(H,23,27)/t12-,15+/m0/s1. The number of nitrogens with zero attached hydrogens (tertiary/aromatic N) is 3. The SMILES string of the molecule is O=C(NCc1ccncc1)c1cc2n(n1)[C@@H](C(F)(F)F)C[C@@H](c1ccco1)N2. The highest BCUT2D eigenvalue weighted by Crippen LogP contribution is 2.43. The van der Waals surface area contributed by atoms with E-state index in [1.165, 1.54) is 12.3 Å². The van der Waals surface area contributed by atoms with Crippen LogP contribution < -0.4 is 10.6 Å². The average Bonchev–Trinajstić information content (AvgIpc) is 3.34. The number of alkyl halides is 3. The number of nitrogens with one attached hydrogen (secondary N) is 2. The molecule has 0 unspecified atom stereocenters. The number of hydrogen-bond acceptors (Lipinski definition) is 5. The normalized spacial score (nSPS) is 19.0. The van der Waals surface area contributed by atoms with Gasteiger partial charge in [0.25, 0.3) is 5.91 Å². The molecule has 146 valence electrons. The summed E-state index contributed by atoms with van der Waals surface area (Å²) in [6.45, 7) is 0.217. The lowest BCUT2D eigenvalue weighted by Gasteiger charge is -2.32. The van der Waals surface area contributed by atoms with Gasteiger partial charge in [-0.05, 0) is 29.8 Å². The summed E-state index contributed by atoms with van der Waals surface area (Å²) in [5.74, 6) is -0.0505. The molecule has 2 N–H and O–H groups in total. The Morgan fingerprint density at radius 1 is 1.32 bits per heavy atom. The first-order valence-electron chi connectivity index (χ1n) is 8.55. The molecule has 1 aliphatic rings. The van der Waals surface area contributed by atoms with Gasteiger partial charge >= 0.3 is 6.18 Å². The van der Waals surface area contributed by atoms with E-state index in [0.29, 0.717) is 5.76 Å². The third kappa shape index (κ3) is 3.57. The van der Waals surface area contributed by atoms with Crippen molar-refractivity contribution in [3.63, 3.8) is 0 Å². The quantitative estimate of drug-likeness (QED) is 0.712. The smallest absolute Gasteiger partial charge is 0.410 e. The molecule has 0 bridgehead atoms. The number of carbonyl (C=O) groups excluding carboxylic acids is 1. The van der Waals surface area contributed by atoms with Gasteiger partial charge in [-0.2, -0.15) is 18.3 Å². The molecule has 7 nitrogen and oxygen atoms in total. The number of pyridine rings is 1. The number of rotatable bonds is 4. The van der Waals surface area contributed by atoms with Gasteiger partial charge in [0, 0.05) is 31.4 Å². The van der Waals surface area contributed by atoms with Crippen molar-refractivity contribution in [2.75, 3.05) is 5.32 Å². The first-order valence-corrected chi connectivity index (χ1v) is 8.55. The van der Waals surface area contributed by atoms with Gasteiger partial charge in [-0.25, -0.2) is 4.68 Å². The van der Waals surface area contributed by atoms with E-state index in [2.05, 4.69) is 20.7 Å². The second kappa shape index (κ2) is 7.02. The molecule has 0 saturated heterocycles. The Morgan fingerprint density at radius 3 is 2.79 bits per heavy atom. The summed E-state index contributed by atoms with van der Waals surface area (Å²) >= 11 is 0. The topological polar surface area (TPSA) is 85.0 Å². The van der Waals surface area contributed by atoms with E-state index < -0.39 is 24.2 Å². The van der Waals surface area contributed by atoms with Crippen LogP contribution in [-0.4, -0.2) is 26.8 Å². The number of aromatic nitrogens is 3. The van der Waals surface area contributed by atoms with E-state index in [1.807, 2.05) is 0 Å². The molecule has 0 spiro atoms. The molecule has 2 atom stereocenters. The zero-order chi connectivity index (χ0) is 19.7. The van der Waals surface area contributed by atoms with E-state index in [4.69, 9.17) is 4.42 Å². The Labute approximate surface area is 157 Å². The average molecular weight is 391 g/mol. The largest absolute Gasteiger partial charge is 0.467 e. The lowest BCUT2D eigenvalue weighted by Crippen LogP contribution is -2.35. The van der Waals surface area contributed by atoms with Crippen molar-refractivity contribution >= 4 is 11.7 Å². The van der Waals surface area contributed by atoms with Crippen LogP contribution in [0.15, 0.2) is 53.4 Å². The van der Waals surface area contributed by atoms with Crippen molar-refractivity contribution in [3.8, 4) is 0 Å². The van der Waals surface area contributed by atoms with Gasteiger partial charge in [-0.1, -0.05) is 0 Å². The van der Waals surface area contributed by atoms with Crippen LogP contribution in [0, 0.1) is 0 Å². The number of carbonyl (C=O) groups is 1. The molecular formula is C18H16F3N5O2. The Bertz CT molecular complexity index is 954. The molecule has 28 heavy (non-hydrogen) atoms. The lowest BCUT2D eigenvalue weighted by molar-refractivity contribution is -0.174. The maximum atomic E-state index is 13.6. The molecule has 0 saturated carbocycles. The molecule has 4 heterocycles. The Balaban J connectivity index is 1.57. The van der Waals surface area contributed by atoms with Crippen molar-refractivity contribution < 1.29 is 22.4 Å². The van der Waals surface area contributed by atoms with Gasteiger partial charge in [0.1, 0.15) is 11.6 Å². The molecule has 3 aromatic rings. The lowest BCUT2D eigenvalue weighted by atomic mass is 10.0. The van der Waals surface area contributed by atoms with E-state index in [9.17, 15) is 18.0 Å². The minimum Gasteiger partial charge on any atom is -0.467 e. The van der Waals surface area contributed by atoms with E-state index in [-0.39, 0.29) is 24.5 Å². The number of halogens is 3. The summed E-state index contributed by atoms with van der Waals surface area (Å²) in [7, 11) is 0. The monoisotopic (exact) mass is 391 g/mol. The number of fused-ring (bicyclic) bond motifs is 1. The van der Waals surface area contributed by atoms with Gasteiger partial charge < -0.3 is 15.1 Å².